The second-order valence-electron chi connectivity index (χ2n) is 7.76. The highest BCUT2D eigenvalue weighted by atomic mass is 32.2. The second-order valence-corrected chi connectivity index (χ2v) is 9.21. The van der Waals surface area contributed by atoms with E-state index in [4.69, 9.17) is 9.47 Å². The summed E-state index contributed by atoms with van der Waals surface area (Å²) in [5.74, 6) is 1.45. The number of aryl methyl sites for hydroxylation is 1. The van der Waals surface area contributed by atoms with Gasteiger partial charge in [0.1, 0.15) is 0 Å². The zero-order chi connectivity index (χ0) is 21.6. The van der Waals surface area contributed by atoms with Crippen molar-refractivity contribution in [2.24, 2.45) is 0 Å². The van der Waals surface area contributed by atoms with E-state index in [9.17, 15) is 4.21 Å². The van der Waals surface area contributed by atoms with E-state index >= 15 is 0 Å². The van der Waals surface area contributed by atoms with Crippen LogP contribution >= 0.6 is 0 Å². The van der Waals surface area contributed by atoms with Crippen molar-refractivity contribution in [2.75, 3.05) is 7.11 Å². The summed E-state index contributed by atoms with van der Waals surface area (Å²) in [5, 5.41) is 0. The smallest absolute Gasteiger partial charge is 0.162 e. The van der Waals surface area contributed by atoms with Gasteiger partial charge in [-0.2, -0.15) is 0 Å². The molecule has 0 radical (unpaired) electrons. The maximum atomic E-state index is 13.5. The minimum Gasteiger partial charge on any atom is -0.493 e. The third-order valence-corrected chi connectivity index (χ3v) is 6.93. The van der Waals surface area contributed by atoms with Crippen molar-refractivity contribution in [1.82, 2.24) is 4.98 Å². The van der Waals surface area contributed by atoms with Crippen LogP contribution in [-0.2, 0) is 10.8 Å². The molecular formula is C26H27NO3S. The van der Waals surface area contributed by atoms with Crippen molar-refractivity contribution >= 4 is 21.8 Å². The van der Waals surface area contributed by atoms with Gasteiger partial charge in [0.05, 0.1) is 28.9 Å². The summed E-state index contributed by atoms with van der Waals surface area (Å²) in [6.45, 7) is 2.02. The molecule has 2 aromatic carbocycles. The summed E-state index contributed by atoms with van der Waals surface area (Å²) in [4.78, 5) is 5.60. The maximum absolute atomic E-state index is 13.5. The number of pyridine rings is 1. The molecule has 4 rings (SSSR count). The van der Waals surface area contributed by atoms with Gasteiger partial charge in [0.2, 0.25) is 0 Å². The van der Waals surface area contributed by atoms with E-state index in [0.717, 1.165) is 45.1 Å². The van der Waals surface area contributed by atoms with E-state index < -0.39 is 10.8 Å². The van der Waals surface area contributed by atoms with Gasteiger partial charge in [0.25, 0.3) is 0 Å². The third-order valence-electron chi connectivity index (χ3n) is 5.48. The van der Waals surface area contributed by atoms with Crippen molar-refractivity contribution < 1.29 is 13.7 Å². The lowest BCUT2D eigenvalue weighted by molar-refractivity contribution is 0.201. The van der Waals surface area contributed by atoms with Gasteiger partial charge in [-0.1, -0.05) is 23.8 Å². The van der Waals surface area contributed by atoms with Crippen molar-refractivity contribution in [3.8, 4) is 11.5 Å². The largest absolute Gasteiger partial charge is 0.493 e. The molecule has 1 aromatic heterocycles. The summed E-state index contributed by atoms with van der Waals surface area (Å²) in [7, 11) is 0.317. The Kier molecular flexibility index (Phi) is 6.82. The number of ether oxygens (including phenoxy) is 2. The van der Waals surface area contributed by atoms with Crippen LogP contribution in [0.5, 0.6) is 11.5 Å². The van der Waals surface area contributed by atoms with E-state index in [1.165, 1.54) is 12.8 Å². The Labute approximate surface area is 186 Å². The van der Waals surface area contributed by atoms with Gasteiger partial charge in [0, 0.05) is 17.3 Å². The molecule has 1 aliphatic carbocycles. The highest BCUT2D eigenvalue weighted by Gasteiger charge is 2.19. The average molecular weight is 434 g/mol. The van der Waals surface area contributed by atoms with E-state index in [1.807, 2.05) is 67.6 Å². The molecule has 0 N–H and O–H groups in total. The van der Waals surface area contributed by atoms with E-state index in [0.29, 0.717) is 5.75 Å². The van der Waals surface area contributed by atoms with Gasteiger partial charge >= 0.3 is 0 Å². The van der Waals surface area contributed by atoms with E-state index in [-0.39, 0.29) is 6.10 Å². The number of hydrogen-bond donors (Lipinski definition) is 0. The number of benzene rings is 2. The number of nitrogens with zero attached hydrogens (tertiary/aromatic N) is 1. The Balaban J connectivity index is 1.73. The van der Waals surface area contributed by atoms with Gasteiger partial charge < -0.3 is 9.47 Å². The van der Waals surface area contributed by atoms with Gasteiger partial charge in [-0.15, -0.1) is 0 Å². The topological polar surface area (TPSA) is 48.4 Å². The Morgan fingerprint density at radius 2 is 1.71 bits per heavy atom. The molecule has 1 saturated carbocycles. The zero-order valence-electron chi connectivity index (χ0n) is 17.9. The first-order chi connectivity index (χ1) is 15.1. The fourth-order valence-corrected chi connectivity index (χ4v) is 4.99. The second kappa shape index (κ2) is 9.92. The van der Waals surface area contributed by atoms with Crippen molar-refractivity contribution in [3.05, 3.63) is 83.7 Å². The van der Waals surface area contributed by atoms with E-state index in [1.54, 1.807) is 19.5 Å². The molecule has 0 unspecified atom stereocenters. The number of rotatable bonds is 7. The first kappa shape index (κ1) is 21.3. The van der Waals surface area contributed by atoms with Crippen LogP contribution in [0.15, 0.2) is 71.9 Å². The lowest BCUT2D eigenvalue weighted by Crippen LogP contribution is -2.11. The van der Waals surface area contributed by atoms with Crippen LogP contribution in [0, 0.1) is 6.92 Å². The molecule has 1 heterocycles. The summed E-state index contributed by atoms with van der Waals surface area (Å²) >= 11 is 0. The number of methoxy groups -OCH3 is 1. The van der Waals surface area contributed by atoms with Crippen LogP contribution in [-0.4, -0.2) is 22.4 Å². The average Bonchev–Trinajstić information content (AvgIpc) is 3.31. The maximum Gasteiger partial charge on any atom is 0.162 e. The molecule has 0 amide bonds. The standard InChI is InChI=1S/C26H27NO3S/c1-19-7-10-23(11-8-19)31(28)26(21-13-15-27-16-14-21)18-20-9-12-24(29-2)25(17-20)30-22-5-3-4-6-22/h7-18,22H,3-6H2,1-2H3/b26-18+/t31-/m0/s1. The monoisotopic (exact) mass is 433 g/mol. The van der Waals surface area contributed by atoms with Gasteiger partial charge in [0.15, 0.2) is 11.5 Å². The molecular weight excluding hydrogens is 406 g/mol. The zero-order valence-corrected chi connectivity index (χ0v) is 18.7. The van der Waals surface area contributed by atoms with Gasteiger partial charge in [-0.3, -0.25) is 4.98 Å². The van der Waals surface area contributed by atoms with Crippen LogP contribution < -0.4 is 9.47 Å². The SMILES string of the molecule is COc1ccc(/C=C(\c2ccncc2)[S@@](=O)c2ccc(C)cc2)cc1OC1CCCC1. The lowest BCUT2D eigenvalue weighted by Gasteiger charge is -2.16. The highest BCUT2D eigenvalue weighted by molar-refractivity contribution is 7.94. The molecule has 4 nitrogen and oxygen atoms in total. The highest BCUT2D eigenvalue weighted by Crippen LogP contribution is 2.34. The summed E-state index contributed by atoms with van der Waals surface area (Å²) in [6.07, 6.45) is 10.2. The fourth-order valence-electron chi connectivity index (χ4n) is 3.76. The minimum absolute atomic E-state index is 0.231. The van der Waals surface area contributed by atoms with Crippen molar-refractivity contribution in [2.45, 2.75) is 43.6 Å². The molecule has 5 heteroatoms. The molecule has 160 valence electrons. The quantitative estimate of drug-likeness (QED) is 0.457. The lowest BCUT2D eigenvalue weighted by atomic mass is 10.1. The predicted molar refractivity (Wildman–Crippen MR) is 126 cm³/mol. The van der Waals surface area contributed by atoms with Crippen LogP contribution in [0.4, 0.5) is 0 Å². The Morgan fingerprint density at radius 1 is 1.00 bits per heavy atom. The van der Waals surface area contributed by atoms with Crippen molar-refractivity contribution in [1.29, 1.82) is 0 Å². The van der Waals surface area contributed by atoms with Crippen LogP contribution in [0.25, 0.3) is 11.0 Å². The Hall–Kier alpha value is -2.92. The molecule has 0 bridgehead atoms. The van der Waals surface area contributed by atoms with Gasteiger partial charge in [-0.05, 0) is 86.2 Å². The Morgan fingerprint density at radius 3 is 2.39 bits per heavy atom. The molecule has 0 spiro atoms. The predicted octanol–water partition coefficient (Wildman–Crippen LogP) is 6.03. The minimum atomic E-state index is -1.34. The Bertz CT molecular complexity index is 1070. The number of aromatic nitrogens is 1. The first-order valence-corrected chi connectivity index (χ1v) is 11.7. The number of hydrogen-bond acceptors (Lipinski definition) is 4. The molecule has 1 aliphatic rings. The van der Waals surface area contributed by atoms with Crippen LogP contribution in [0.3, 0.4) is 0 Å². The van der Waals surface area contributed by atoms with Gasteiger partial charge in [-0.25, -0.2) is 4.21 Å². The summed E-state index contributed by atoms with van der Waals surface area (Å²) in [5.41, 5.74) is 2.93. The summed E-state index contributed by atoms with van der Waals surface area (Å²) < 4.78 is 25.3. The molecule has 1 atom stereocenters. The molecule has 3 aromatic rings. The van der Waals surface area contributed by atoms with Crippen molar-refractivity contribution in [3.63, 3.8) is 0 Å². The summed E-state index contributed by atoms with van der Waals surface area (Å²) in [6, 6.07) is 17.4. The molecule has 0 saturated heterocycles. The van der Waals surface area contributed by atoms with E-state index in [2.05, 4.69) is 4.98 Å². The molecule has 31 heavy (non-hydrogen) atoms. The fraction of sp³-hybridized carbons (Fsp3) is 0.269. The molecule has 0 aliphatic heterocycles. The van der Waals surface area contributed by atoms with Crippen LogP contribution in [0.1, 0.15) is 42.4 Å². The molecule has 1 fully saturated rings. The normalized spacial score (nSPS) is 15.6. The third kappa shape index (κ3) is 5.23. The first-order valence-electron chi connectivity index (χ1n) is 10.6. The van der Waals surface area contributed by atoms with Crippen LogP contribution in [0.2, 0.25) is 0 Å².